The number of thiazole rings is 1. The van der Waals surface area contributed by atoms with Crippen molar-refractivity contribution < 1.29 is 19.1 Å². The van der Waals surface area contributed by atoms with Crippen LogP contribution in [0.1, 0.15) is 29.8 Å². The van der Waals surface area contributed by atoms with E-state index in [-0.39, 0.29) is 18.2 Å². The molecule has 1 saturated heterocycles. The first-order chi connectivity index (χ1) is 17.1. The number of hydrogen-bond acceptors (Lipinski definition) is 11. The van der Waals surface area contributed by atoms with Gasteiger partial charge in [-0.1, -0.05) is 11.3 Å². The predicted octanol–water partition coefficient (Wildman–Crippen LogP) is 3.40. The number of aromatic nitrogens is 4. The fraction of sp³-hybridized carbons (Fsp3) is 0.348. The molecule has 0 bridgehead atoms. The fourth-order valence-corrected chi connectivity index (χ4v) is 4.73. The summed E-state index contributed by atoms with van der Waals surface area (Å²) in [5.41, 5.74) is 1.98. The van der Waals surface area contributed by atoms with Gasteiger partial charge in [-0.15, -0.1) is 0 Å². The van der Waals surface area contributed by atoms with E-state index in [1.807, 2.05) is 6.07 Å². The van der Waals surface area contributed by atoms with Gasteiger partial charge >= 0.3 is 0 Å². The maximum absolute atomic E-state index is 13.1. The summed E-state index contributed by atoms with van der Waals surface area (Å²) >= 11 is 1.42. The first-order valence-electron chi connectivity index (χ1n) is 11.3. The van der Waals surface area contributed by atoms with Crippen molar-refractivity contribution in [3.63, 3.8) is 0 Å². The monoisotopic (exact) mass is 495 g/mol. The zero-order valence-corrected chi connectivity index (χ0v) is 20.0. The second-order valence-corrected chi connectivity index (χ2v) is 9.01. The molecule has 4 aromatic heterocycles. The van der Waals surface area contributed by atoms with E-state index >= 15 is 0 Å². The van der Waals surface area contributed by atoms with E-state index in [2.05, 4.69) is 30.5 Å². The second-order valence-electron chi connectivity index (χ2n) is 7.98. The Morgan fingerprint density at radius 3 is 2.83 bits per heavy atom. The van der Waals surface area contributed by atoms with E-state index in [0.717, 1.165) is 30.6 Å². The number of pyridine rings is 2. The summed E-state index contributed by atoms with van der Waals surface area (Å²) in [4.78, 5) is 33.1. The lowest BCUT2D eigenvalue weighted by Gasteiger charge is -2.29. The normalized spacial score (nSPS) is 13.7. The van der Waals surface area contributed by atoms with Crippen LogP contribution in [0.5, 0.6) is 5.88 Å². The number of hydrogen-bond donors (Lipinski definition) is 3. The molecule has 182 valence electrons. The van der Waals surface area contributed by atoms with Gasteiger partial charge in [0.25, 0.3) is 5.91 Å². The molecule has 4 aromatic rings. The van der Waals surface area contributed by atoms with E-state index < -0.39 is 5.91 Å². The third-order valence-corrected chi connectivity index (χ3v) is 6.53. The zero-order chi connectivity index (χ0) is 24.2. The summed E-state index contributed by atoms with van der Waals surface area (Å²) < 4.78 is 11.4. The zero-order valence-electron chi connectivity index (χ0n) is 19.2. The number of methoxy groups -OCH3 is 1. The quantitative estimate of drug-likeness (QED) is 0.333. The Hall–Kier alpha value is -3.77. The lowest BCUT2D eigenvalue weighted by molar-refractivity contribution is 0.102. The average molecular weight is 496 g/mol. The van der Waals surface area contributed by atoms with Crippen LogP contribution >= 0.6 is 11.3 Å². The van der Waals surface area contributed by atoms with Gasteiger partial charge in [0.05, 0.1) is 29.7 Å². The Labute approximate surface area is 205 Å². The highest BCUT2D eigenvalue weighted by Crippen LogP contribution is 2.34. The third-order valence-electron chi connectivity index (χ3n) is 5.58. The molecule has 0 radical (unpaired) electrons. The van der Waals surface area contributed by atoms with Gasteiger partial charge in [-0.25, -0.2) is 19.9 Å². The molecule has 1 aliphatic rings. The second kappa shape index (κ2) is 10.2. The van der Waals surface area contributed by atoms with Crippen LogP contribution in [0.2, 0.25) is 0 Å². The molecule has 11 nitrogen and oxygen atoms in total. The van der Waals surface area contributed by atoms with Gasteiger partial charge in [-0.3, -0.25) is 4.79 Å². The molecule has 0 saturated carbocycles. The highest BCUT2D eigenvalue weighted by molar-refractivity contribution is 7.22. The molecule has 1 fully saturated rings. The van der Waals surface area contributed by atoms with E-state index in [1.165, 1.54) is 24.0 Å². The molecule has 0 atom stereocenters. The van der Waals surface area contributed by atoms with E-state index in [1.54, 1.807) is 25.4 Å². The molecule has 1 aliphatic heterocycles. The fourth-order valence-electron chi connectivity index (χ4n) is 3.86. The summed E-state index contributed by atoms with van der Waals surface area (Å²) in [5, 5.41) is 15.8. The molecular formula is C23H25N7O4S. The SMILES string of the molecule is COc1ccc(-c2nc(C(=O)Nc3cc4sc(NCCO)nc4nc3N3CCCCC3)co2)cn1. The van der Waals surface area contributed by atoms with Gasteiger partial charge in [-0.05, 0) is 31.4 Å². The molecule has 5 rings (SSSR count). The maximum Gasteiger partial charge on any atom is 0.277 e. The Bertz CT molecular complexity index is 1320. The number of anilines is 3. The largest absolute Gasteiger partial charge is 0.481 e. The van der Waals surface area contributed by atoms with Crippen molar-refractivity contribution >= 4 is 44.2 Å². The van der Waals surface area contributed by atoms with Crippen LogP contribution in [-0.4, -0.2) is 64.3 Å². The Kier molecular flexibility index (Phi) is 6.73. The smallest absolute Gasteiger partial charge is 0.277 e. The van der Waals surface area contributed by atoms with Crippen molar-refractivity contribution in [2.24, 2.45) is 0 Å². The highest BCUT2D eigenvalue weighted by atomic mass is 32.1. The van der Waals surface area contributed by atoms with Gasteiger partial charge in [0.1, 0.15) is 6.26 Å². The van der Waals surface area contributed by atoms with Crippen molar-refractivity contribution in [3.8, 4) is 17.3 Å². The van der Waals surface area contributed by atoms with Crippen LogP contribution < -0.4 is 20.3 Å². The van der Waals surface area contributed by atoms with Gasteiger partial charge in [-0.2, -0.15) is 0 Å². The van der Waals surface area contributed by atoms with Crippen LogP contribution in [0.3, 0.4) is 0 Å². The molecule has 0 aromatic carbocycles. The number of aliphatic hydroxyl groups excluding tert-OH is 1. The molecule has 0 unspecified atom stereocenters. The minimum absolute atomic E-state index is 0.00989. The highest BCUT2D eigenvalue weighted by Gasteiger charge is 2.22. The summed E-state index contributed by atoms with van der Waals surface area (Å²) in [6.45, 7) is 2.13. The number of carbonyl (C=O) groups excluding carboxylic acids is 1. The summed E-state index contributed by atoms with van der Waals surface area (Å²) in [7, 11) is 1.54. The number of ether oxygens (including phenoxy) is 1. The number of oxazole rings is 1. The number of nitrogens with one attached hydrogen (secondary N) is 2. The third kappa shape index (κ3) is 5.03. The topological polar surface area (TPSA) is 139 Å². The number of rotatable bonds is 8. The van der Waals surface area contributed by atoms with Crippen molar-refractivity contribution in [2.45, 2.75) is 19.3 Å². The van der Waals surface area contributed by atoms with Crippen LogP contribution in [-0.2, 0) is 0 Å². The van der Waals surface area contributed by atoms with Crippen LogP contribution in [0.15, 0.2) is 35.1 Å². The first-order valence-corrected chi connectivity index (χ1v) is 12.1. The number of nitrogens with zero attached hydrogens (tertiary/aromatic N) is 5. The average Bonchev–Trinajstić information content (AvgIpc) is 3.55. The lowest BCUT2D eigenvalue weighted by Crippen LogP contribution is -2.31. The number of piperidine rings is 1. The maximum atomic E-state index is 13.1. The van der Waals surface area contributed by atoms with Gasteiger partial charge in [0.15, 0.2) is 22.3 Å². The van der Waals surface area contributed by atoms with Gasteiger partial charge in [0.2, 0.25) is 11.8 Å². The molecular weight excluding hydrogens is 470 g/mol. The van der Waals surface area contributed by atoms with Gasteiger partial charge in [0, 0.05) is 31.9 Å². The molecule has 3 N–H and O–H groups in total. The van der Waals surface area contributed by atoms with Crippen LogP contribution in [0.25, 0.3) is 21.8 Å². The van der Waals surface area contributed by atoms with E-state index in [4.69, 9.17) is 19.2 Å². The Morgan fingerprint density at radius 2 is 2.09 bits per heavy atom. The first kappa shape index (κ1) is 23.0. The number of carbonyl (C=O) groups is 1. The van der Waals surface area contributed by atoms with Crippen molar-refractivity contribution in [1.82, 2.24) is 19.9 Å². The van der Waals surface area contributed by atoms with Crippen molar-refractivity contribution in [1.29, 1.82) is 0 Å². The number of amides is 1. The number of aliphatic hydroxyl groups is 1. The summed E-state index contributed by atoms with van der Waals surface area (Å²) in [5.74, 6) is 1.05. The van der Waals surface area contributed by atoms with Crippen molar-refractivity contribution in [2.75, 3.05) is 48.9 Å². The molecule has 0 spiro atoms. The minimum Gasteiger partial charge on any atom is -0.481 e. The molecule has 1 amide bonds. The molecule has 12 heteroatoms. The lowest BCUT2D eigenvalue weighted by atomic mass is 10.1. The predicted molar refractivity (Wildman–Crippen MR) is 133 cm³/mol. The number of fused-ring (bicyclic) bond motifs is 1. The van der Waals surface area contributed by atoms with Gasteiger partial charge < -0.3 is 29.8 Å². The molecule has 5 heterocycles. The Balaban J connectivity index is 1.42. The van der Waals surface area contributed by atoms with Crippen molar-refractivity contribution in [3.05, 3.63) is 36.4 Å². The minimum atomic E-state index is -0.399. The molecule has 0 aliphatic carbocycles. The summed E-state index contributed by atoms with van der Waals surface area (Å²) in [6.07, 6.45) is 6.20. The summed E-state index contributed by atoms with van der Waals surface area (Å²) in [6, 6.07) is 5.35. The standard InChI is InChI=1S/C23H25N7O4S/c1-33-18-6-5-14(12-25-18)22-27-16(13-34-22)21(32)26-15-11-17-19(29-23(35-17)24-7-10-31)28-20(15)30-8-3-2-4-9-30/h5-6,11-13,31H,2-4,7-10H2,1H3,(H,26,32)(H,24,28,29). The van der Waals surface area contributed by atoms with Crippen LogP contribution in [0.4, 0.5) is 16.6 Å². The Morgan fingerprint density at radius 1 is 1.23 bits per heavy atom. The van der Waals surface area contributed by atoms with E-state index in [0.29, 0.717) is 40.3 Å². The van der Waals surface area contributed by atoms with E-state index in [9.17, 15) is 4.79 Å². The molecule has 35 heavy (non-hydrogen) atoms. The van der Waals surface area contributed by atoms with Crippen LogP contribution in [0, 0.1) is 0 Å².